The van der Waals surface area contributed by atoms with Crippen molar-refractivity contribution in [2.75, 3.05) is 13.1 Å². The molecule has 2 aromatic carbocycles. The van der Waals surface area contributed by atoms with Crippen LogP contribution >= 0.6 is 11.3 Å². The molecule has 5 nitrogen and oxygen atoms in total. The average Bonchev–Trinajstić information content (AvgIpc) is 3.43. The zero-order valence-corrected chi connectivity index (χ0v) is 21.6. The second-order valence-electron chi connectivity index (χ2n) is 9.18. The van der Waals surface area contributed by atoms with E-state index in [1.54, 1.807) is 6.08 Å². The van der Waals surface area contributed by atoms with E-state index in [0.717, 1.165) is 56.3 Å². The number of benzene rings is 2. The fourth-order valence-corrected chi connectivity index (χ4v) is 5.58. The first-order valence-electron chi connectivity index (χ1n) is 12.7. The van der Waals surface area contributed by atoms with Crippen LogP contribution in [-0.2, 0) is 40.1 Å². The Hall–Kier alpha value is -3.22. The maximum Gasteiger partial charge on any atom is 0.336 e. The summed E-state index contributed by atoms with van der Waals surface area (Å²) in [6.07, 6.45) is 8.46. The van der Waals surface area contributed by atoms with Crippen LogP contribution in [0, 0.1) is 0 Å². The van der Waals surface area contributed by atoms with E-state index in [9.17, 15) is 9.59 Å². The first-order valence-corrected chi connectivity index (χ1v) is 13.6. The van der Waals surface area contributed by atoms with Crippen molar-refractivity contribution in [1.29, 1.82) is 0 Å². The minimum Gasteiger partial charge on any atom is -0.340 e. The monoisotopic (exact) mass is 502 g/mol. The summed E-state index contributed by atoms with van der Waals surface area (Å²) in [5, 5.41) is 2.15. The highest BCUT2D eigenvalue weighted by atomic mass is 32.1. The van der Waals surface area contributed by atoms with Gasteiger partial charge in [-0.15, -0.1) is 11.3 Å². The lowest BCUT2D eigenvalue weighted by Gasteiger charge is -2.35. The van der Waals surface area contributed by atoms with Gasteiger partial charge in [-0.05, 0) is 78.4 Å². The molecule has 3 aromatic rings. The molecule has 4 rings (SSSR count). The summed E-state index contributed by atoms with van der Waals surface area (Å²) in [6.45, 7) is 4.43. The van der Waals surface area contributed by atoms with Gasteiger partial charge in [0, 0.05) is 23.5 Å². The van der Waals surface area contributed by atoms with E-state index in [2.05, 4.69) is 40.9 Å². The van der Waals surface area contributed by atoms with Gasteiger partial charge >= 0.3 is 5.97 Å². The fraction of sp³-hybridized carbons (Fsp3) is 0.333. The Morgan fingerprint density at radius 2 is 1.94 bits per heavy atom. The van der Waals surface area contributed by atoms with Gasteiger partial charge in [-0.3, -0.25) is 9.69 Å². The Bertz CT molecular complexity index is 1160. The highest BCUT2D eigenvalue weighted by molar-refractivity contribution is 7.09. The van der Waals surface area contributed by atoms with Gasteiger partial charge in [-0.2, -0.15) is 5.48 Å². The van der Waals surface area contributed by atoms with Crippen LogP contribution in [-0.4, -0.2) is 35.9 Å². The second kappa shape index (κ2) is 13.2. The number of hydroxylamine groups is 1. The quantitative estimate of drug-likeness (QED) is 0.298. The number of thiophene rings is 1. The lowest BCUT2D eigenvalue weighted by molar-refractivity contribution is -0.155. The average molecular weight is 503 g/mol. The van der Waals surface area contributed by atoms with Crippen LogP contribution in [0.2, 0.25) is 0 Å². The first-order chi connectivity index (χ1) is 17.6. The maximum atomic E-state index is 12.5. The van der Waals surface area contributed by atoms with E-state index in [1.807, 2.05) is 53.8 Å². The molecule has 188 valence electrons. The van der Waals surface area contributed by atoms with Crippen LogP contribution in [0.3, 0.4) is 0 Å². The molecular formula is C30H34N2O3S. The largest absolute Gasteiger partial charge is 0.340 e. The summed E-state index contributed by atoms with van der Waals surface area (Å²) >= 11 is 1.83. The van der Waals surface area contributed by atoms with Crippen molar-refractivity contribution in [3.05, 3.63) is 99.3 Å². The van der Waals surface area contributed by atoms with E-state index < -0.39 is 11.9 Å². The second-order valence-corrected chi connectivity index (χ2v) is 10.2. The maximum absolute atomic E-state index is 12.5. The number of fused-ring (bicyclic) bond motifs is 1. The number of carbonyl (C=O) groups is 2. The number of amides is 1. The Morgan fingerprint density at radius 3 is 2.72 bits per heavy atom. The van der Waals surface area contributed by atoms with Crippen molar-refractivity contribution < 1.29 is 14.4 Å². The summed E-state index contributed by atoms with van der Waals surface area (Å²) in [4.78, 5) is 33.6. The van der Waals surface area contributed by atoms with Gasteiger partial charge < -0.3 is 4.84 Å². The third-order valence-electron chi connectivity index (χ3n) is 6.63. The van der Waals surface area contributed by atoms with Crippen LogP contribution < -0.4 is 5.48 Å². The van der Waals surface area contributed by atoms with Gasteiger partial charge in [-0.1, -0.05) is 61.5 Å². The molecule has 0 fully saturated rings. The van der Waals surface area contributed by atoms with Gasteiger partial charge in [0.1, 0.15) is 0 Å². The Kier molecular flexibility index (Phi) is 9.47. The highest BCUT2D eigenvalue weighted by Crippen LogP contribution is 2.28. The zero-order valence-electron chi connectivity index (χ0n) is 20.8. The van der Waals surface area contributed by atoms with Crippen molar-refractivity contribution >= 4 is 29.3 Å². The lowest BCUT2D eigenvalue weighted by Crippen LogP contribution is -2.41. The van der Waals surface area contributed by atoms with Gasteiger partial charge in [0.05, 0.1) is 6.42 Å². The van der Waals surface area contributed by atoms with Crippen molar-refractivity contribution in [1.82, 2.24) is 10.4 Å². The van der Waals surface area contributed by atoms with Crippen molar-refractivity contribution in [3.63, 3.8) is 0 Å². The number of rotatable bonds is 10. The third-order valence-corrected chi connectivity index (χ3v) is 7.57. The number of nitrogens with zero attached hydrogens (tertiary/aromatic N) is 1. The SMILES string of the molecule is CCCN(CCc1cccs1)[C@H]1CCc2c(CC(=O)ONC(=O)/C=C/c3ccccc3)cccc2C1. The van der Waals surface area contributed by atoms with E-state index in [0.29, 0.717) is 6.04 Å². The molecular weight excluding hydrogens is 468 g/mol. The van der Waals surface area contributed by atoms with E-state index in [1.165, 1.54) is 22.1 Å². The molecule has 1 aliphatic rings. The van der Waals surface area contributed by atoms with Crippen LogP contribution in [0.1, 0.15) is 46.9 Å². The van der Waals surface area contributed by atoms with Crippen LogP contribution in [0.5, 0.6) is 0 Å². The molecule has 36 heavy (non-hydrogen) atoms. The number of hydrogen-bond acceptors (Lipinski definition) is 5. The molecule has 0 saturated carbocycles. The number of nitrogens with one attached hydrogen (secondary N) is 1. The molecule has 0 aliphatic heterocycles. The Balaban J connectivity index is 1.31. The topological polar surface area (TPSA) is 58.6 Å². The Morgan fingerprint density at radius 1 is 1.08 bits per heavy atom. The molecule has 1 aliphatic carbocycles. The summed E-state index contributed by atoms with van der Waals surface area (Å²) < 4.78 is 0. The summed E-state index contributed by atoms with van der Waals surface area (Å²) in [7, 11) is 0. The summed E-state index contributed by atoms with van der Waals surface area (Å²) in [5.41, 5.74) is 6.71. The Labute approximate surface area is 217 Å². The summed E-state index contributed by atoms with van der Waals surface area (Å²) in [5.74, 6) is -0.931. The molecule has 0 bridgehead atoms. The van der Waals surface area contributed by atoms with Crippen molar-refractivity contribution in [2.24, 2.45) is 0 Å². The van der Waals surface area contributed by atoms with Crippen molar-refractivity contribution in [3.8, 4) is 0 Å². The predicted molar refractivity (Wildman–Crippen MR) is 146 cm³/mol. The van der Waals surface area contributed by atoms with Crippen molar-refractivity contribution in [2.45, 2.75) is 51.5 Å². The molecule has 1 N–H and O–H groups in total. The predicted octanol–water partition coefficient (Wildman–Crippen LogP) is 5.39. The van der Waals surface area contributed by atoms with Crippen LogP contribution in [0.25, 0.3) is 6.08 Å². The molecule has 1 heterocycles. The molecule has 0 unspecified atom stereocenters. The molecule has 6 heteroatoms. The van der Waals surface area contributed by atoms with E-state index in [4.69, 9.17) is 4.84 Å². The highest BCUT2D eigenvalue weighted by Gasteiger charge is 2.26. The zero-order chi connectivity index (χ0) is 25.2. The lowest BCUT2D eigenvalue weighted by atomic mass is 9.84. The third kappa shape index (κ3) is 7.39. The van der Waals surface area contributed by atoms with E-state index in [-0.39, 0.29) is 6.42 Å². The van der Waals surface area contributed by atoms with Gasteiger partial charge in [-0.25, -0.2) is 4.79 Å². The summed E-state index contributed by atoms with van der Waals surface area (Å²) in [6, 6.07) is 20.6. The van der Waals surface area contributed by atoms with Gasteiger partial charge in [0.15, 0.2) is 0 Å². The molecule has 0 saturated heterocycles. The van der Waals surface area contributed by atoms with E-state index >= 15 is 0 Å². The molecule has 0 spiro atoms. The number of hydrogen-bond donors (Lipinski definition) is 1. The van der Waals surface area contributed by atoms with Gasteiger partial charge in [0.2, 0.25) is 0 Å². The normalized spacial score (nSPS) is 15.1. The minimum atomic E-state index is -0.469. The van der Waals surface area contributed by atoms with Crippen LogP contribution in [0.4, 0.5) is 0 Å². The molecule has 1 amide bonds. The molecule has 1 atom stereocenters. The number of carbonyl (C=O) groups excluding carboxylic acids is 2. The fourth-order valence-electron chi connectivity index (χ4n) is 4.89. The molecule has 0 radical (unpaired) electrons. The van der Waals surface area contributed by atoms with Gasteiger partial charge in [0.25, 0.3) is 5.91 Å². The minimum absolute atomic E-state index is 0.146. The standard InChI is InChI=1S/C30H34N2O3S/c1-2-18-32(19-17-27-12-7-20-36-27)26-14-15-28-24(21-26)10-6-11-25(28)22-30(34)35-31-29(33)16-13-23-8-4-3-5-9-23/h3-13,16,20,26H,2,14-15,17-19,21-22H2,1H3,(H,31,33)/b16-13+/t26-/m0/s1. The van der Waals surface area contributed by atoms with Crippen LogP contribution in [0.15, 0.2) is 72.1 Å². The first kappa shape index (κ1) is 25.9. The smallest absolute Gasteiger partial charge is 0.336 e. The molecule has 1 aromatic heterocycles.